The lowest BCUT2D eigenvalue weighted by atomic mass is 10.2. The first-order chi connectivity index (χ1) is 11.7. The highest BCUT2D eigenvalue weighted by Crippen LogP contribution is 2.30. The Labute approximate surface area is 134 Å². The Balaban J connectivity index is 2.06. The molecular formula is C15H7N9. The number of amidine groups is 2. The first-order valence-electron chi connectivity index (χ1n) is 7.03. The van der Waals surface area contributed by atoms with Crippen molar-refractivity contribution in [3.8, 4) is 18.2 Å². The summed E-state index contributed by atoms with van der Waals surface area (Å²) in [5.41, 5.74) is 2.22. The van der Waals surface area contributed by atoms with E-state index < -0.39 is 0 Å². The van der Waals surface area contributed by atoms with Gasteiger partial charge in [-0.05, 0) is 0 Å². The van der Waals surface area contributed by atoms with Gasteiger partial charge in [0.05, 0.1) is 43.0 Å². The van der Waals surface area contributed by atoms with Crippen molar-refractivity contribution in [3.05, 3.63) is 16.5 Å². The number of aliphatic imine (C=N–C) groups is 2. The molecule has 0 amide bonds. The van der Waals surface area contributed by atoms with Gasteiger partial charge in [-0.3, -0.25) is 0 Å². The fourth-order valence-electron chi connectivity index (χ4n) is 2.67. The molecule has 24 heavy (non-hydrogen) atoms. The van der Waals surface area contributed by atoms with Crippen LogP contribution in [0.15, 0.2) is 20.0 Å². The van der Waals surface area contributed by atoms with E-state index in [0.717, 1.165) is 0 Å². The number of aromatic nitrogens is 2. The van der Waals surface area contributed by atoms with E-state index in [4.69, 9.17) is 15.8 Å². The minimum atomic E-state index is 0.0757. The zero-order valence-electron chi connectivity index (χ0n) is 12.2. The maximum Gasteiger partial charge on any atom is 0.144 e. The van der Waals surface area contributed by atoms with Gasteiger partial charge in [0.25, 0.3) is 0 Å². The van der Waals surface area contributed by atoms with Gasteiger partial charge in [0, 0.05) is 0 Å². The van der Waals surface area contributed by atoms with Crippen LogP contribution in [0, 0.1) is 34.0 Å². The Morgan fingerprint density at radius 2 is 1.33 bits per heavy atom. The standard InChI is InChI=1S/C15H7N9/c16-4-1-7-19-10-11(20-7)13-15(24-9(22-13)3-6-18)14-12(10)21-8(23-14)2-5-17/h1-3H2,(H,19,20). The lowest BCUT2D eigenvalue weighted by molar-refractivity contribution is 1.08. The van der Waals surface area contributed by atoms with Crippen LogP contribution in [0.3, 0.4) is 0 Å². The molecule has 112 valence electrons. The molecule has 0 bridgehead atoms. The third-order valence-electron chi connectivity index (χ3n) is 3.57. The minimum Gasteiger partial charge on any atom is -0.339 e. The molecule has 9 nitrogen and oxygen atoms in total. The lowest BCUT2D eigenvalue weighted by Gasteiger charge is -1.95. The summed E-state index contributed by atoms with van der Waals surface area (Å²) in [6, 6.07) is 6.08. The molecule has 0 spiro atoms. The molecule has 2 aliphatic heterocycles. The van der Waals surface area contributed by atoms with E-state index >= 15 is 0 Å². The third-order valence-corrected chi connectivity index (χ3v) is 3.57. The minimum absolute atomic E-state index is 0.0757. The number of H-pyrrole nitrogens is 1. The molecule has 0 atom stereocenters. The van der Waals surface area contributed by atoms with Gasteiger partial charge in [-0.2, -0.15) is 15.8 Å². The Morgan fingerprint density at radius 1 is 0.750 bits per heavy atom. The summed E-state index contributed by atoms with van der Waals surface area (Å²) in [5.74, 6) is 1.27. The van der Waals surface area contributed by atoms with Gasteiger partial charge in [0.1, 0.15) is 45.1 Å². The van der Waals surface area contributed by atoms with Crippen LogP contribution in [0.25, 0.3) is 11.0 Å². The van der Waals surface area contributed by atoms with E-state index in [9.17, 15) is 0 Å². The zero-order valence-corrected chi connectivity index (χ0v) is 12.2. The van der Waals surface area contributed by atoms with Crippen LogP contribution in [-0.2, 0) is 6.42 Å². The quantitative estimate of drug-likeness (QED) is 0.890. The second-order valence-electron chi connectivity index (χ2n) is 5.09. The fourth-order valence-corrected chi connectivity index (χ4v) is 2.67. The topological polar surface area (TPSA) is 149 Å². The fraction of sp³-hybridized carbons (Fsp3) is 0.200. The van der Waals surface area contributed by atoms with Crippen molar-refractivity contribution in [1.82, 2.24) is 9.97 Å². The molecule has 0 saturated carbocycles. The smallest absolute Gasteiger partial charge is 0.144 e. The molecule has 1 aromatic heterocycles. The lowest BCUT2D eigenvalue weighted by Crippen LogP contribution is -2.24. The summed E-state index contributed by atoms with van der Waals surface area (Å²) in [6.45, 7) is 0. The number of nitrogens with zero attached hydrogens (tertiary/aromatic N) is 8. The number of hydrogen-bond acceptors (Lipinski definition) is 8. The normalized spacial score (nSPS) is 13.7. The molecule has 1 aromatic carbocycles. The van der Waals surface area contributed by atoms with Crippen LogP contribution >= 0.6 is 0 Å². The average molecular weight is 313 g/mol. The number of imidazole rings is 1. The van der Waals surface area contributed by atoms with Crippen molar-refractivity contribution in [2.24, 2.45) is 20.0 Å². The van der Waals surface area contributed by atoms with Crippen molar-refractivity contribution >= 4 is 34.1 Å². The van der Waals surface area contributed by atoms with Gasteiger partial charge >= 0.3 is 0 Å². The third kappa shape index (κ3) is 1.88. The number of nitrogens with one attached hydrogen (secondary N) is 1. The van der Waals surface area contributed by atoms with Crippen LogP contribution in [0.1, 0.15) is 18.7 Å². The Kier molecular flexibility index (Phi) is 2.91. The molecule has 2 aromatic rings. The van der Waals surface area contributed by atoms with Crippen LogP contribution in [0.4, 0.5) is 11.4 Å². The van der Waals surface area contributed by atoms with Crippen LogP contribution < -0.4 is 10.7 Å². The van der Waals surface area contributed by atoms with E-state index in [1.165, 1.54) is 0 Å². The van der Waals surface area contributed by atoms with Gasteiger partial charge in [-0.25, -0.2) is 25.0 Å². The van der Waals surface area contributed by atoms with E-state index in [0.29, 0.717) is 50.6 Å². The molecule has 9 heteroatoms. The van der Waals surface area contributed by atoms with Crippen molar-refractivity contribution in [2.45, 2.75) is 19.3 Å². The zero-order chi connectivity index (χ0) is 16.7. The number of hydrogen-bond donors (Lipinski definition) is 1. The summed E-state index contributed by atoms with van der Waals surface area (Å²) in [7, 11) is 0. The SMILES string of the molecule is N#CCC1=Nc2c(c3c(c4[nH]c(CC#N)nc24)N=C(CC#N)N=3)=N1. The molecule has 0 radical (unpaired) electrons. The van der Waals surface area contributed by atoms with Crippen LogP contribution in [0.2, 0.25) is 0 Å². The van der Waals surface area contributed by atoms with Crippen LogP contribution in [-0.4, -0.2) is 21.6 Å². The molecule has 0 saturated heterocycles. The number of rotatable bonds is 3. The molecule has 0 aliphatic carbocycles. The van der Waals surface area contributed by atoms with Gasteiger partial charge < -0.3 is 4.98 Å². The Hall–Kier alpha value is -3.90. The second-order valence-corrected chi connectivity index (χ2v) is 5.09. The largest absolute Gasteiger partial charge is 0.339 e. The summed E-state index contributed by atoms with van der Waals surface area (Å²) in [5, 5.41) is 27.6. The summed E-state index contributed by atoms with van der Waals surface area (Å²) in [4.78, 5) is 25.0. The highest BCUT2D eigenvalue weighted by Gasteiger charge is 2.24. The summed E-state index contributed by atoms with van der Waals surface area (Å²) in [6.07, 6.45) is 0.276. The molecule has 3 heterocycles. The highest BCUT2D eigenvalue weighted by molar-refractivity contribution is 6.03. The molecule has 2 aliphatic rings. The maximum atomic E-state index is 8.88. The first-order valence-corrected chi connectivity index (χ1v) is 7.03. The van der Waals surface area contributed by atoms with Gasteiger partial charge in [0.2, 0.25) is 0 Å². The molecular weight excluding hydrogens is 306 g/mol. The van der Waals surface area contributed by atoms with E-state index in [-0.39, 0.29) is 19.3 Å². The highest BCUT2D eigenvalue weighted by atomic mass is 15.1. The molecule has 4 rings (SSSR count). The predicted octanol–water partition coefficient (Wildman–Crippen LogP) is 0.783. The average Bonchev–Trinajstić information content (AvgIpc) is 3.23. The number of nitriles is 3. The van der Waals surface area contributed by atoms with Crippen molar-refractivity contribution in [2.75, 3.05) is 0 Å². The molecule has 1 N–H and O–H groups in total. The van der Waals surface area contributed by atoms with Crippen molar-refractivity contribution in [3.63, 3.8) is 0 Å². The van der Waals surface area contributed by atoms with E-state index in [2.05, 4.69) is 29.9 Å². The van der Waals surface area contributed by atoms with E-state index in [1.807, 2.05) is 18.2 Å². The van der Waals surface area contributed by atoms with E-state index in [1.54, 1.807) is 0 Å². The number of fused-ring (bicyclic) bond motifs is 6. The van der Waals surface area contributed by atoms with Gasteiger partial charge in [0.15, 0.2) is 0 Å². The maximum absolute atomic E-state index is 8.88. The Bertz CT molecular complexity index is 1120. The molecule has 0 unspecified atom stereocenters. The second kappa shape index (κ2) is 5.08. The van der Waals surface area contributed by atoms with Crippen molar-refractivity contribution in [1.29, 1.82) is 15.8 Å². The van der Waals surface area contributed by atoms with Gasteiger partial charge in [-0.15, -0.1) is 0 Å². The monoisotopic (exact) mass is 313 g/mol. The molecule has 0 fully saturated rings. The van der Waals surface area contributed by atoms with Crippen molar-refractivity contribution < 1.29 is 0 Å². The Morgan fingerprint density at radius 3 is 1.96 bits per heavy atom. The van der Waals surface area contributed by atoms with Crippen LogP contribution in [0.5, 0.6) is 0 Å². The van der Waals surface area contributed by atoms with Gasteiger partial charge in [-0.1, -0.05) is 0 Å². The number of aromatic amines is 1. The summed E-state index contributed by atoms with van der Waals surface area (Å²) < 4.78 is 0. The first kappa shape index (κ1) is 13.7. The summed E-state index contributed by atoms with van der Waals surface area (Å²) >= 11 is 0. The number of benzene rings is 1. The predicted molar refractivity (Wildman–Crippen MR) is 82.4 cm³/mol.